The fraction of sp³-hybridized carbons (Fsp3) is 0.640. The molecule has 6 heteroatoms. The third-order valence-electron chi connectivity index (χ3n) is 13.8. The minimum Gasteiger partial charge on any atom is -0.462 e. The molecule has 6 nitrogen and oxygen atoms in total. The van der Waals surface area contributed by atoms with Crippen LogP contribution in [0.25, 0.3) is 0 Å². The van der Waals surface area contributed by atoms with E-state index in [4.69, 9.17) is 14.2 Å². The first-order valence-corrected chi connectivity index (χ1v) is 33.3. The highest BCUT2D eigenvalue weighted by Gasteiger charge is 2.19. The van der Waals surface area contributed by atoms with Gasteiger partial charge in [0.05, 0.1) is 0 Å². The Bertz CT molecular complexity index is 1760. The summed E-state index contributed by atoms with van der Waals surface area (Å²) in [5.74, 6) is -0.912. The zero-order valence-electron chi connectivity index (χ0n) is 52.5. The van der Waals surface area contributed by atoms with E-state index >= 15 is 0 Å². The number of unbranched alkanes of at least 4 members (excludes halogenated alkanes) is 24. The number of carbonyl (C=O) groups is 3. The molecule has 1 unspecified atom stereocenters. The molecule has 1 atom stereocenters. The number of carbonyl (C=O) groups excluding carboxylic acids is 3. The Kier molecular flexibility index (Phi) is 63.9. The lowest BCUT2D eigenvalue weighted by molar-refractivity contribution is -0.167. The van der Waals surface area contributed by atoms with Crippen LogP contribution in [0.5, 0.6) is 0 Å². The zero-order chi connectivity index (χ0) is 58.5. The van der Waals surface area contributed by atoms with Gasteiger partial charge in [-0.25, -0.2) is 0 Å². The molecule has 0 aromatic carbocycles. The standard InChI is InChI=1S/C75H122O6/c1-4-7-10-13-16-19-22-25-28-31-33-35-36-37-38-40-41-44-47-50-53-56-59-62-65-68-74(77)80-71-72(70-79-73(76)67-64-61-58-55-52-49-46-43-30-27-24-21-18-15-12-9-6-3)81-75(78)69-66-63-60-57-54-51-48-45-42-39-34-32-29-26-23-20-17-14-11-8-5-2/h7-12,16-21,25-30,33-35,37-39,72H,4-6,13-15,22-24,31-32,36,40-71H2,1-3H3/b10-7-,11-8-,12-9-,19-16-,20-17-,21-18-,28-25-,29-26-,30-27-,35-33-,38-37-,39-34-. The lowest BCUT2D eigenvalue weighted by Gasteiger charge is -2.18. The summed E-state index contributed by atoms with van der Waals surface area (Å²) in [6.07, 6.45) is 97.0. The summed E-state index contributed by atoms with van der Waals surface area (Å²) in [6, 6.07) is 0. The molecular formula is C75H122O6. The second kappa shape index (κ2) is 67.8. The Morgan fingerprint density at radius 2 is 0.444 bits per heavy atom. The monoisotopic (exact) mass is 1120 g/mol. The summed E-state index contributed by atoms with van der Waals surface area (Å²) < 4.78 is 17.0. The van der Waals surface area contributed by atoms with E-state index in [2.05, 4.69) is 167 Å². The normalized spacial score (nSPS) is 13.1. The Hall–Kier alpha value is -4.71. The van der Waals surface area contributed by atoms with Gasteiger partial charge in [-0.2, -0.15) is 0 Å². The van der Waals surface area contributed by atoms with Gasteiger partial charge in [-0.3, -0.25) is 14.4 Å². The predicted octanol–water partition coefficient (Wildman–Crippen LogP) is 23.1. The van der Waals surface area contributed by atoms with Gasteiger partial charge >= 0.3 is 17.9 Å². The maximum absolute atomic E-state index is 13.0. The number of hydrogen-bond acceptors (Lipinski definition) is 6. The van der Waals surface area contributed by atoms with Gasteiger partial charge in [0.2, 0.25) is 0 Å². The smallest absolute Gasteiger partial charge is 0.306 e. The van der Waals surface area contributed by atoms with Crippen LogP contribution in [0.3, 0.4) is 0 Å². The number of hydrogen-bond donors (Lipinski definition) is 0. The molecule has 0 aliphatic rings. The Labute approximate surface area is 499 Å². The predicted molar refractivity (Wildman–Crippen MR) is 352 cm³/mol. The molecule has 0 aliphatic heterocycles. The number of rotatable bonds is 59. The molecule has 0 fully saturated rings. The molecule has 0 radical (unpaired) electrons. The maximum atomic E-state index is 13.0. The highest BCUT2D eigenvalue weighted by atomic mass is 16.6. The molecule has 0 aromatic heterocycles. The highest BCUT2D eigenvalue weighted by molar-refractivity contribution is 5.71. The van der Waals surface area contributed by atoms with E-state index < -0.39 is 6.10 Å². The molecule has 0 heterocycles. The van der Waals surface area contributed by atoms with Crippen LogP contribution in [0.4, 0.5) is 0 Å². The molecule has 81 heavy (non-hydrogen) atoms. The van der Waals surface area contributed by atoms with E-state index in [-0.39, 0.29) is 31.1 Å². The van der Waals surface area contributed by atoms with E-state index in [1.54, 1.807) is 0 Å². The van der Waals surface area contributed by atoms with Gasteiger partial charge in [-0.15, -0.1) is 0 Å². The third kappa shape index (κ3) is 66.0. The van der Waals surface area contributed by atoms with E-state index in [0.717, 1.165) is 154 Å². The molecule has 0 N–H and O–H groups in total. The minimum atomic E-state index is -0.798. The zero-order valence-corrected chi connectivity index (χ0v) is 52.5. The van der Waals surface area contributed by atoms with Crippen molar-refractivity contribution >= 4 is 17.9 Å². The van der Waals surface area contributed by atoms with Gasteiger partial charge in [-0.1, -0.05) is 282 Å². The number of esters is 3. The summed E-state index contributed by atoms with van der Waals surface area (Å²) in [5.41, 5.74) is 0. The second-order valence-corrected chi connectivity index (χ2v) is 21.6. The maximum Gasteiger partial charge on any atom is 0.306 e. The van der Waals surface area contributed by atoms with Crippen LogP contribution in [-0.2, 0) is 28.6 Å². The van der Waals surface area contributed by atoms with Crippen LogP contribution in [0, 0.1) is 0 Å². The topological polar surface area (TPSA) is 78.9 Å². The molecule has 0 spiro atoms. The third-order valence-corrected chi connectivity index (χ3v) is 13.8. The van der Waals surface area contributed by atoms with Gasteiger partial charge < -0.3 is 14.2 Å². The molecule has 0 aromatic rings. The van der Waals surface area contributed by atoms with Crippen molar-refractivity contribution in [3.63, 3.8) is 0 Å². The van der Waals surface area contributed by atoms with E-state index in [9.17, 15) is 14.4 Å². The van der Waals surface area contributed by atoms with Crippen molar-refractivity contribution in [2.75, 3.05) is 13.2 Å². The van der Waals surface area contributed by atoms with Crippen molar-refractivity contribution < 1.29 is 28.6 Å². The molecule has 458 valence electrons. The van der Waals surface area contributed by atoms with Crippen molar-refractivity contribution in [1.82, 2.24) is 0 Å². The van der Waals surface area contributed by atoms with Crippen molar-refractivity contribution in [3.8, 4) is 0 Å². The molecule has 0 bridgehead atoms. The SMILES string of the molecule is CC/C=C\C/C=C\C/C=C\C/C=C\C/C=C\CCCCCCCCCCCC(=O)OCC(COC(=O)CCCCCCCCC/C=C\C/C=C\C/C=C\CC)OC(=O)CCCCCCCCCC/C=C\C/C=C\C/C=C\C/C=C\CC. The van der Waals surface area contributed by atoms with Crippen LogP contribution in [0.15, 0.2) is 146 Å². The Morgan fingerprint density at radius 3 is 0.691 bits per heavy atom. The molecule has 0 rings (SSSR count). The second-order valence-electron chi connectivity index (χ2n) is 21.6. The van der Waals surface area contributed by atoms with Crippen LogP contribution >= 0.6 is 0 Å². The largest absolute Gasteiger partial charge is 0.462 e. The first-order chi connectivity index (χ1) is 40.0. The van der Waals surface area contributed by atoms with Gasteiger partial charge in [0.15, 0.2) is 6.10 Å². The minimum absolute atomic E-state index is 0.0923. The van der Waals surface area contributed by atoms with Gasteiger partial charge in [-0.05, 0) is 135 Å². The number of ether oxygens (including phenoxy) is 3. The lowest BCUT2D eigenvalue weighted by Crippen LogP contribution is -2.30. The Balaban J connectivity index is 4.42. The molecule has 0 amide bonds. The fourth-order valence-corrected chi connectivity index (χ4v) is 8.95. The van der Waals surface area contributed by atoms with Crippen molar-refractivity contribution in [1.29, 1.82) is 0 Å². The van der Waals surface area contributed by atoms with Crippen LogP contribution in [-0.4, -0.2) is 37.2 Å². The average Bonchev–Trinajstić information content (AvgIpc) is 3.47. The summed E-state index contributed by atoms with van der Waals surface area (Å²) in [4.78, 5) is 38.4. The molecule has 0 saturated carbocycles. The van der Waals surface area contributed by atoms with E-state index in [1.165, 1.54) is 96.3 Å². The van der Waals surface area contributed by atoms with Crippen LogP contribution < -0.4 is 0 Å². The lowest BCUT2D eigenvalue weighted by atomic mass is 10.1. The van der Waals surface area contributed by atoms with Crippen LogP contribution in [0.1, 0.15) is 290 Å². The first-order valence-electron chi connectivity index (χ1n) is 33.3. The summed E-state index contributed by atoms with van der Waals surface area (Å²) in [5, 5.41) is 0. The first kappa shape index (κ1) is 76.3. The van der Waals surface area contributed by atoms with E-state index in [0.29, 0.717) is 19.3 Å². The molecule has 0 saturated heterocycles. The summed E-state index contributed by atoms with van der Waals surface area (Å²) in [6.45, 7) is 6.30. The molecule has 0 aliphatic carbocycles. The van der Waals surface area contributed by atoms with Gasteiger partial charge in [0.1, 0.15) is 13.2 Å². The Morgan fingerprint density at radius 1 is 0.247 bits per heavy atom. The summed E-state index contributed by atoms with van der Waals surface area (Å²) in [7, 11) is 0. The number of allylic oxidation sites excluding steroid dienone is 24. The van der Waals surface area contributed by atoms with Crippen molar-refractivity contribution in [2.45, 2.75) is 297 Å². The van der Waals surface area contributed by atoms with Gasteiger partial charge in [0, 0.05) is 19.3 Å². The fourth-order valence-electron chi connectivity index (χ4n) is 8.95. The summed E-state index contributed by atoms with van der Waals surface area (Å²) >= 11 is 0. The van der Waals surface area contributed by atoms with Crippen molar-refractivity contribution in [3.05, 3.63) is 146 Å². The van der Waals surface area contributed by atoms with Crippen molar-refractivity contribution in [2.24, 2.45) is 0 Å². The average molecular weight is 1120 g/mol. The quantitative estimate of drug-likeness (QED) is 0.0261. The van der Waals surface area contributed by atoms with E-state index in [1.807, 2.05) is 0 Å². The van der Waals surface area contributed by atoms with Crippen LogP contribution in [0.2, 0.25) is 0 Å². The molecular weight excluding hydrogens is 997 g/mol. The van der Waals surface area contributed by atoms with Gasteiger partial charge in [0.25, 0.3) is 0 Å². The highest BCUT2D eigenvalue weighted by Crippen LogP contribution is 2.16.